The van der Waals surface area contributed by atoms with Crippen LogP contribution in [0.4, 0.5) is 0 Å². The number of nitrogens with zero attached hydrogens (tertiary/aromatic N) is 3. The number of β-lactam (4-membered cyclic amide) rings is 1. The Morgan fingerprint density at radius 2 is 2.29 bits per heavy atom. The van der Waals surface area contributed by atoms with E-state index in [0.29, 0.717) is 12.0 Å². The third-order valence-corrected chi connectivity index (χ3v) is 5.71. The molecule has 1 aromatic carbocycles. The smallest absolute Gasteiger partial charge is 0.352 e. The molecule has 3 aliphatic heterocycles. The molecule has 120 valence electrons. The Bertz CT molecular complexity index is 988. The number of aromatic nitrogens is 2. The fraction of sp³-hybridized carbons (Fsp3) is 0.235. The van der Waals surface area contributed by atoms with Gasteiger partial charge >= 0.3 is 5.97 Å². The highest BCUT2D eigenvalue weighted by Crippen LogP contribution is 2.39. The zero-order valence-electron chi connectivity index (χ0n) is 12.6. The molecule has 24 heavy (non-hydrogen) atoms. The lowest BCUT2D eigenvalue weighted by atomic mass is 9.92. The van der Waals surface area contributed by atoms with Gasteiger partial charge in [-0.05, 0) is 30.2 Å². The molecule has 1 fully saturated rings. The largest absolute Gasteiger partial charge is 0.477 e. The number of imidazole rings is 1. The van der Waals surface area contributed by atoms with E-state index < -0.39 is 5.97 Å². The van der Waals surface area contributed by atoms with Gasteiger partial charge in [0.1, 0.15) is 5.70 Å². The average molecular weight is 339 g/mol. The number of amides is 1. The Morgan fingerprint density at radius 3 is 3.12 bits per heavy atom. The van der Waals surface area contributed by atoms with Crippen molar-refractivity contribution in [3.8, 4) is 0 Å². The zero-order valence-corrected chi connectivity index (χ0v) is 13.4. The molecule has 0 bridgehead atoms. The number of carboxylic acid groups (broad SMARTS) is 1. The zero-order chi connectivity index (χ0) is 16.4. The van der Waals surface area contributed by atoms with Crippen LogP contribution < -0.4 is 0 Å². The highest BCUT2D eigenvalue weighted by molar-refractivity contribution is 7.99. The van der Waals surface area contributed by atoms with Gasteiger partial charge in [-0.25, -0.2) is 9.78 Å². The van der Waals surface area contributed by atoms with Crippen LogP contribution in [0.1, 0.15) is 12.0 Å². The molecule has 0 aliphatic carbocycles. The van der Waals surface area contributed by atoms with Crippen molar-refractivity contribution in [2.75, 3.05) is 5.75 Å². The highest BCUT2D eigenvalue weighted by Gasteiger charge is 2.48. The number of thioether (sulfide) groups is 1. The molecule has 1 N–H and O–H groups in total. The number of hydrogen-bond donors (Lipinski definition) is 1. The molecule has 2 aromatic rings. The maximum atomic E-state index is 12.3. The number of aliphatic carboxylic acids is 1. The first kappa shape index (κ1) is 13.9. The summed E-state index contributed by atoms with van der Waals surface area (Å²) in [7, 11) is 0. The Hall–Kier alpha value is -2.54. The van der Waals surface area contributed by atoms with Crippen LogP contribution in [0.2, 0.25) is 0 Å². The lowest BCUT2D eigenvalue weighted by molar-refractivity contribution is -0.142. The van der Waals surface area contributed by atoms with Gasteiger partial charge in [-0.1, -0.05) is 23.9 Å². The third-order valence-electron chi connectivity index (χ3n) is 4.76. The van der Waals surface area contributed by atoms with Crippen LogP contribution >= 0.6 is 11.8 Å². The Kier molecular flexibility index (Phi) is 2.73. The maximum Gasteiger partial charge on any atom is 0.352 e. The van der Waals surface area contributed by atoms with E-state index in [9.17, 15) is 9.59 Å². The van der Waals surface area contributed by atoms with Crippen LogP contribution in [0, 0.1) is 0 Å². The maximum absolute atomic E-state index is 12.3. The van der Waals surface area contributed by atoms with Gasteiger partial charge in [-0.2, -0.15) is 0 Å². The van der Waals surface area contributed by atoms with Crippen LogP contribution in [0.5, 0.6) is 0 Å². The number of carbonyl (C=O) groups excluding carboxylic acids is 1. The molecular formula is C17H13N3O3S. The van der Waals surface area contributed by atoms with Crippen LogP contribution in [0.15, 0.2) is 40.7 Å². The Morgan fingerprint density at radius 1 is 1.42 bits per heavy atom. The lowest BCUT2D eigenvalue weighted by Crippen LogP contribution is -2.52. The molecular weight excluding hydrogens is 326 g/mol. The first-order valence-corrected chi connectivity index (χ1v) is 8.74. The number of carboxylic acids is 1. The predicted octanol–water partition coefficient (Wildman–Crippen LogP) is 2.11. The molecule has 1 aromatic heterocycles. The SMILES string of the molecule is O=C(O)C1=CCC2/C(=C\c3ccc4c(c3)nc3n4CCS3)C(=O)N12. The summed E-state index contributed by atoms with van der Waals surface area (Å²) >= 11 is 1.76. The summed E-state index contributed by atoms with van der Waals surface area (Å²) in [6, 6.07) is 5.89. The van der Waals surface area contributed by atoms with Gasteiger partial charge in [-0.15, -0.1) is 0 Å². The highest BCUT2D eigenvalue weighted by atomic mass is 32.2. The number of rotatable bonds is 2. The van der Waals surface area contributed by atoms with E-state index in [1.807, 2.05) is 24.3 Å². The van der Waals surface area contributed by atoms with Crippen molar-refractivity contribution in [3.05, 3.63) is 41.1 Å². The van der Waals surface area contributed by atoms with Crippen molar-refractivity contribution in [1.82, 2.24) is 14.5 Å². The number of fused-ring (bicyclic) bond motifs is 4. The van der Waals surface area contributed by atoms with Gasteiger partial charge in [0.15, 0.2) is 5.16 Å². The van der Waals surface area contributed by atoms with Crippen LogP contribution in [-0.2, 0) is 16.1 Å². The van der Waals surface area contributed by atoms with Gasteiger partial charge in [0.05, 0.1) is 17.1 Å². The minimum absolute atomic E-state index is 0.0974. The fourth-order valence-corrected chi connectivity index (χ4v) is 4.59. The minimum atomic E-state index is -1.05. The van der Waals surface area contributed by atoms with Gasteiger partial charge < -0.3 is 9.67 Å². The van der Waals surface area contributed by atoms with E-state index >= 15 is 0 Å². The number of benzene rings is 1. The van der Waals surface area contributed by atoms with E-state index in [1.165, 1.54) is 4.90 Å². The first-order valence-electron chi connectivity index (χ1n) is 7.75. The monoisotopic (exact) mass is 339 g/mol. The topological polar surface area (TPSA) is 75.4 Å². The molecule has 7 heteroatoms. The molecule has 1 atom stereocenters. The lowest BCUT2D eigenvalue weighted by Gasteiger charge is -2.38. The van der Waals surface area contributed by atoms with Crippen molar-refractivity contribution >= 4 is 40.7 Å². The number of hydrogen-bond acceptors (Lipinski definition) is 4. The van der Waals surface area contributed by atoms with Gasteiger partial charge in [0, 0.05) is 17.9 Å². The molecule has 0 spiro atoms. The summed E-state index contributed by atoms with van der Waals surface area (Å²) in [5.74, 6) is -0.194. The summed E-state index contributed by atoms with van der Waals surface area (Å²) < 4.78 is 2.22. The summed E-state index contributed by atoms with van der Waals surface area (Å²) in [6.07, 6.45) is 4.04. The summed E-state index contributed by atoms with van der Waals surface area (Å²) in [4.78, 5) is 29.4. The second kappa shape index (κ2) is 4.73. The Labute approximate surface area is 141 Å². The van der Waals surface area contributed by atoms with E-state index in [-0.39, 0.29) is 17.6 Å². The Balaban J connectivity index is 1.48. The first-order chi connectivity index (χ1) is 11.6. The van der Waals surface area contributed by atoms with Crippen LogP contribution in [0.3, 0.4) is 0 Å². The predicted molar refractivity (Wildman–Crippen MR) is 89.4 cm³/mol. The molecule has 1 amide bonds. The molecule has 4 heterocycles. The van der Waals surface area contributed by atoms with Gasteiger partial charge in [0.25, 0.3) is 5.91 Å². The van der Waals surface area contributed by atoms with E-state index in [2.05, 4.69) is 9.55 Å². The molecule has 1 saturated heterocycles. The number of aryl methyl sites for hydroxylation is 1. The summed E-state index contributed by atoms with van der Waals surface area (Å²) in [5, 5.41) is 10.2. The van der Waals surface area contributed by atoms with Crippen molar-refractivity contribution in [2.45, 2.75) is 24.2 Å². The second-order valence-electron chi connectivity index (χ2n) is 6.06. The van der Waals surface area contributed by atoms with Gasteiger partial charge in [-0.3, -0.25) is 9.69 Å². The van der Waals surface area contributed by atoms with E-state index in [4.69, 9.17) is 5.11 Å². The van der Waals surface area contributed by atoms with Crippen molar-refractivity contribution in [3.63, 3.8) is 0 Å². The van der Waals surface area contributed by atoms with Crippen LogP contribution in [-0.4, -0.2) is 43.2 Å². The number of carbonyl (C=O) groups is 2. The van der Waals surface area contributed by atoms with Crippen molar-refractivity contribution < 1.29 is 14.7 Å². The molecule has 6 nitrogen and oxygen atoms in total. The molecule has 1 unspecified atom stereocenters. The molecule has 0 radical (unpaired) electrons. The van der Waals surface area contributed by atoms with E-state index in [1.54, 1.807) is 17.8 Å². The van der Waals surface area contributed by atoms with Gasteiger partial charge in [0.2, 0.25) is 0 Å². The summed E-state index contributed by atoms with van der Waals surface area (Å²) in [5.41, 5.74) is 3.75. The quantitative estimate of drug-likeness (QED) is 0.670. The molecule has 5 rings (SSSR count). The standard InChI is InChI=1S/C17H13N3O3S/c21-15-10(12-3-4-14(16(22)23)20(12)15)7-9-1-2-13-11(8-9)18-17-19(13)5-6-24-17/h1-2,4,7-8,12H,3,5-6H2,(H,22,23)/b10-7+. The second-order valence-corrected chi connectivity index (χ2v) is 7.13. The van der Waals surface area contributed by atoms with Crippen molar-refractivity contribution in [1.29, 1.82) is 0 Å². The molecule has 0 saturated carbocycles. The summed E-state index contributed by atoms with van der Waals surface area (Å²) in [6.45, 7) is 0.982. The van der Waals surface area contributed by atoms with Crippen molar-refractivity contribution in [2.24, 2.45) is 0 Å². The normalized spacial score (nSPS) is 23.4. The molecule has 3 aliphatic rings. The van der Waals surface area contributed by atoms with E-state index in [0.717, 1.165) is 34.1 Å². The third kappa shape index (κ3) is 1.76. The van der Waals surface area contributed by atoms with Crippen LogP contribution in [0.25, 0.3) is 17.1 Å². The minimum Gasteiger partial charge on any atom is -0.477 e. The average Bonchev–Trinajstić information content (AvgIpc) is 3.24. The fourth-order valence-electron chi connectivity index (χ4n) is 3.62.